The molecule has 0 aliphatic carbocycles. The molecule has 26 heavy (non-hydrogen) atoms. The number of nitrogens with zero attached hydrogens (tertiary/aromatic N) is 5. The summed E-state index contributed by atoms with van der Waals surface area (Å²) in [4.78, 5) is 29.3. The topological polar surface area (TPSA) is 94.2 Å². The number of aromatic nitrogens is 5. The number of rotatable bonds is 6. The van der Waals surface area contributed by atoms with E-state index in [-0.39, 0.29) is 17.9 Å². The van der Waals surface area contributed by atoms with Gasteiger partial charge in [-0.2, -0.15) is 0 Å². The Balaban J connectivity index is 1.31. The van der Waals surface area contributed by atoms with E-state index in [1.165, 1.54) is 22.2 Å². The molecule has 1 N–H and O–H groups in total. The summed E-state index contributed by atoms with van der Waals surface area (Å²) in [6.07, 6.45) is 4.19. The fourth-order valence-corrected chi connectivity index (χ4v) is 3.46. The van der Waals surface area contributed by atoms with Crippen molar-refractivity contribution in [1.29, 1.82) is 0 Å². The summed E-state index contributed by atoms with van der Waals surface area (Å²) in [5.74, 6) is 0.681. The molecule has 0 aliphatic rings. The normalized spacial score (nSPS) is 11.2. The number of carbonyl (C=O) groups is 1. The Hall–Kier alpha value is -3.07. The van der Waals surface area contributed by atoms with Crippen molar-refractivity contribution in [2.75, 3.05) is 6.54 Å². The van der Waals surface area contributed by atoms with Crippen LogP contribution >= 0.6 is 11.3 Å². The number of pyridine rings is 1. The van der Waals surface area contributed by atoms with Crippen LogP contribution in [-0.2, 0) is 17.8 Å². The molecule has 0 bridgehead atoms. The second-order valence-electron chi connectivity index (χ2n) is 5.78. The highest BCUT2D eigenvalue weighted by Crippen LogP contribution is 2.13. The molecule has 0 aliphatic heterocycles. The highest BCUT2D eigenvalue weighted by Gasteiger charge is 2.08. The number of hydrogen-bond acceptors (Lipinski definition) is 6. The number of fused-ring (bicyclic) bond motifs is 2. The van der Waals surface area contributed by atoms with Gasteiger partial charge in [-0.25, -0.2) is 4.98 Å². The number of thiophene rings is 1. The molecule has 0 fully saturated rings. The van der Waals surface area contributed by atoms with Gasteiger partial charge in [-0.3, -0.25) is 18.6 Å². The van der Waals surface area contributed by atoms with Crippen LogP contribution in [0.15, 0.2) is 47.0 Å². The average Bonchev–Trinajstić information content (AvgIpc) is 3.29. The quantitative estimate of drug-likeness (QED) is 0.553. The molecule has 4 heterocycles. The molecule has 9 heteroatoms. The van der Waals surface area contributed by atoms with Crippen LogP contribution in [0.1, 0.15) is 12.2 Å². The van der Waals surface area contributed by atoms with Gasteiger partial charge in [0.1, 0.15) is 10.7 Å². The number of carbonyl (C=O) groups excluding carboxylic acids is 1. The summed E-state index contributed by atoms with van der Waals surface area (Å²) >= 11 is 1.43. The minimum Gasteiger partial charge on any atom is -0.356 e. The van der Waals surface area contributed by atoms with E-state index < -0.39 is 0 Å². The van der Waals surface area contributed by atoms with Crippen molar-refractivity contribution in [3.8, 4) is 0 Å². The van der Waals surface area contributed by atoms with Crippen molar-refractivity contribution < 1.29 is 4.79 Å². The van der Waals surface area contributed by atoms with Gasteiger partial charge in [-0.1, -0.05) is 6.07 Å². The Labute approximate surface area is 152 Å². The van der Waals surface area contributed by atoms with Gasteiger partial charge in [0, 0.05) is 32.1 Å². The molecule has 0 spiro atoms. The first-order valence-electron chi connectivity index (χ1n) is 8.20. The lowest BCUT2D eigenvalue weighted by Crippen LogP contribution is -2.29. The molecule has 0 aromatic carbocycles. The molecule has 8 nitrogen and oxygen atoms in total. The Morgan fingerprint density at radius 1 is 1.23 bits per heavy atom. The lowest BCUT2D eigenvalue weighted by molar-refractivity contribution is -0.121. The zero-order valence-corrected chi connectivity index (χ0v) is 14.6. The maximum absolute atomic E-state index is 12.3. The van der Waals surface area contributed by atoms with Gasteiger partial charge in [0.25, 0.3) is 5.56 Å². The standard InChI is InChI=1S/C17H16N6O2S/c24-15(5-9-22-11-19-16-12(17(22)25)6-10-26-16)18-7-4-14-21-20-13-3-1-2-8-23(13)14/h1-3,6,8,10-11H,4-5,7,9H2,(H,18,24). The molecular formula is C17H16N6O2S. The van der Waals surface area contributed by atoms with E-state index in [2.05, 4.69) is 20.5 Å². The van der Waals surface area contributed by atoms with Gasteiger partial charge in [-0.15, -0.1) is 21.5 Å². The summed E-state index contributed by atoms with van der Waals surface area (Å²) in [7, 11) is 0. The first-order chi connectivity index (χ1) is 12.7. The zero-order valence-electron chi connectivity index (χ0n) is 13.8. The third kappa shape index (κ3) is 3.21. The van der Waals surface area contributed by atoms with Gasteiger partial charge in [0.2, 0.25) is 5.91 Å². The first kappa shape index (κ1) is 16.4. The fourth-order valence-electron chi connectivity index (χ4n) is 2.74. The molecule has 1 amide bonds. The predicted octanol–water partition coefficient (Wildman–Crippen LogP) is 1.25. The summed E-state index contributed by atoms with van der Waals surface area (Å²) in [6, 6.07) is 7.45. The smallest absolute Gasteiger partial charge is 0.262 e. The summed E-state index contributed by atoms with van der Waals surface area (Å²) < 4.78 is 3.37. The predicted molar refractivity (Wildman–Crippen MR) is 98.2 cm³/mol. The lowest BCUT2D eigenvalue weighted by atomic mass is 10.3. The van der Waals surface area contributed by atoms with E-state index in [9.17, 15) is 9.59 Å². The molecule has 132 valence electrons. The van der Waals surface area contributed by atoms with Crippen LogP contribution in [0, 0.1) is 0 Å². The highest BCUT2D eigenvalue weighted by atomic mass is 32.1. The number of nitrogens with one attached hydrogen (secondary N) is 1. The molecule has 4 aromatic rings. The SMILES string of the molecule is O=C(CCn1cnc2sccc2c1=O)NCCc1nnc2ccccn12. The molecule has 0 radical (unpaired) electrons. The van der Waals surface area contributed by atoms with Crippen LogP contribution in [0.5, 0.6) is 0 Å². The van der Waals surface area contributed by atoms with Crippen LogP contribution in [-0.4, -0.2) is 36.6 Å². The summed E-state index contributed by atoms with van der Waals surface area (Å²) in [5.41, 5.74) is 0.670. The zero-order chi connectivity index (χ0) is 17.9. The van der Waals surface area contributed by atoms with Crippen molar-refractivity contribution in [3.05, 3.63) is 58.3 Å². The van der Waals surface area contributed by atoms with Crippen molar-refractivity contribution in [3.63, 3.8) is 0 Å². The molecule has 0 atom stereocenters. The molecule has 0 saturated heterocycles. The van der Waals surface area contributed by atoms with Gasteiger partial charge in [0.05, 0.1) is 11.7 Å². The minimum absolute atomic E-state index is 0.112. The third-order valence-corrected chi connectivity index (χ3v) is 4.91. The van der Waals surface area contributed by atoms with Crippen LogP contribution in [0.25, 0.3) is 15.9 Å². The Kier molecular flexibility index (Phi) is 4.44. The van der Waals surface area contributed by atoms with E-state index in [4.69, 9.17) is 0 Å². The number of aryl methyl sites for hydroxylation is 1. The van der Waals surface area contributed by atoms with Crippen LogP contribution in [0.4, 0.5) is 0 Å². The summed E-state index contributed by atoms with van der Waals surface area (Å²) in [5, 5.41) is 13.5. The molecule has 0 unspecified atom stereocenters. The molecule has 4 rings (SSSR count). The van der Waals surface area contributed by atoms with Crippen molar-refractivity contribution in [2.45, 2.75) is 19.4 Å². The van der Waals surface area contributed by atoms with E-state index in [0.717, 1.165) is 16.3 Å². The second kappa shape index (κ2) is 7.04. The largest absolute Gasteiger partial charge is 0.356 e. The van der Waals surface area contributed by atoms with Gasteiger partial charge < -0.3 is 5.32 Å². The molecule has 0 saturated carbocycles. The number of amides is 1. The van der Waals surface area contributed by atoms with Crippen LogP contribution in [0.3, 0.4) is 0 Å². The van der Waals surface area contributed by atoms with Crippen molar-refractivity contribution >= 4 is 33.1 Å². The average molecular weight is 368 g/mol. The van der Waals surface area contributed by atoms with Crippen LogP contribution < -0.4 is 10.9 Å². The monoisotopic (exact) mass is 368 g/mol. The van der Waals surface area contributed by atoms with E-state index >= 15 is 0 Å². The van der Waals surface area contributed by atoms with Gasteiger partial charge in [0.15, 0.2) is 5.65 Å². The molecule has 4 aromatic heterocycles. The minimum atomic E-state index is -0.115. The molecular weight excluding hydrogens is 352 g/mol. The van der Waals surface area contributed by atoms with Gasteiger partial charge in [-0.05, 0) is 23.6 Å². The highest BCUT2D eigenvalue weighted by molar-refractivity contribution is 7.16. The Morgan fingerprint density at radius 2 is 2.15 bits per heavy atom. The maximum atomic E-state index is 12.3. The van der Waals surface area contributed by atoms with E-state index in [1.807, 2.05) is 34.2 Å². The van der Waals surface area contributed by atoms with Gasteiger partial charge >= 0.3 is 0 Å². The van der Waals surface area contributed by atoms with E-state index in [0.29, 0.717) is 24.9 Å². The Bertz CT molecular complexity index is 1130. The maximum Gasteiger partial charge on any atom is 0.262 e. The van der Waals surface area contributed by atoms with Crippen molar-refractivity contribution in [2.24, 2.45) is 0 Å². The van der Waals surface area contributed by atoms with Crippen molar-refractivity contribution in [1.82, 2.24) is 29.5 Å². The van der Waals surface area contributed by atoms with E-state index in [1.54, 1.807) is 6.07 Å². The number of hydrogen-bond donors (Lipinski definition) is 1. The second-order valence-corrected chi connectivity index (χ2v) is 6.67. The lowest BCUT2D eigenvalue weighted by Gasteiger charge is -2.06. The Morgan fingerprint density at radius 3 is 3.08 bits per heavy atom. The third-order valence-electron chi connectivity index (χ3n) is 4.09. The fraction of sp³-hybridized carbons (Fsp3) is 0.235. The summed E-state index contributed by atoms with van der Waals surface area (Å²) in [6.45, 7) is 0.766. The van der Waals surface area contributed by atoms with Crippen LogP contribution in [0.2, 0.25) is 0 Å². The first-order valence-corrected chi connectivity index (χ1v) is 9.08.